The molecule has 0 saturated heterocycles. The van der Waals surface area contributed by atoms with Gasteiger partial charge in [0.05, 0.1) is 6.54 Å². The fourth-order valence-electron chi connectivity index (χ4n) is 1.08. The van der Waals surface area contributed by atoms with Crippen molar-refractivity contribution in [1.29, 1.82) is 0 Å². The predicted octanol–water partition coefficient (Wildman–Crippen LogP) is 1.44. The highest BCUT2D eigenvalue weighted by molar-refractivity contribution is 4.84. The van der Waals surface area contributed by atoms with Gasteiger partial charge in [0, 0.05) is 6.04 Å². The lowest BCUT2D eigenvalue weighted by Gasteiger charge is -2.11. The zero-order valence-corrected chi connectivity index (χ0v) is 8.95. The minimum absolute atomic E-state index is 0.0776. The molecule has 16 heavy (non-hydrogen) atoms. The van der Waals surface area contributed by atoms with E-state index in [-0.39, 0.29) is 12.6 Å². The van der Waals surface area contributed by atoms with E-state index in [1.54, 1.807) is 4.68 Å². The maximum Gasteiger partial charge on any atom is 0.413 e. The fourth-order valence-corrected chi connectivity index (χ4v) is 1.08. The SMILES string of the molecule is CC(C)n1ncnc1CNOCC(F)(F)F. The Morgan fingerprint density at radius 2 is 2.19 bits per heavy atom. The summed E-state index contributed by atoms with van der Waals surface area (Å²) in [6, 6.07) is 0.0990. The molecule has 5 nitrogen and oxygen atoms in total. The lowest BCUT2D eigenvalue weighted by Crippen LogP contribution is -2.25. The molecule has 0 fully saturated rings. The number of alkyl halides is 3. The molecule has 0 aliphatic rings. The Hall–Kier alpha value is -1.15. The van der Waals surface area contributed by atoms with Crippen molar-refractivity contribution in [2.24, 2.45) is 0 Å². The van der Waals surface area contributed by atoms with E-state index in [0.29, 0.717) is 5.82 Å². The van der Waals surface area contributed by atoms with Gasteiger partial charge in [0.1, 0.15) is 12.2 Å². The average molecular weight is 238 g/mol. The van der Waals surface area contributed by atoms with Gasteiger partial charge in [-0.3, -0.25) is 4.84 Å². The summed E-state index contributed by atoms with van der Waals surface area (Å²) in [4.78, 5) is 8.15. The minimum atomic E-state index is -4.33. The van der Waals surface area contributed by atoms with Crippen molar-refractivity contribution >= 4 is 0 Å². The zero-order chi connectivity index (χ0) is 12.2. The van der Waals surface area contributed by atoms with E-state index >= 15 is 0 Å². The number of nitrogens with zero attached hydrogens (tertiary/aromatic N) is 3. The van der Waals surface area contributed by atoms with Crippen molar-refractivity contribution in [3.05, 3.63) is 12.2 Å². The molecular formula is C8H13F3N4O. The first kappa shape index (κ1) is 12.9. The molecule has 0 aliphatic carbocycles. The molecular weight excluding hydrogens is 225 g/mol. The number of aromatic nitrogens is 3. The molecule has 8 heteroatoms. The van der Waals surface area contributed by atoms with Gasteiger partial charge in [-0.25, -0.2) is 9.67 Å². The monoisotopic (exact) mass is 238 g/mol. The van der Waals surface area contributed by atoms with Crippen LogP contribution < -0.4 is 5.48 Å². The molecule has 1 heterocycles. The molecule has 0 unspecified atom stereocenters. The highest BCUT2D eigenvalue weighted by Gasteiger charge is 2.27. The summed E-state index contributed by atoms with van der Waals surface area (Å²) < 4.78 is 36.8. The van der Waals surface area contributed by atoms with Gasteiger partial charge in [-0.1, -0.05) is 0 Å². The molecule has 0 bridgehead atoms. The minimum Gasteiger partial charge on any atom is -0.292 e. The molecule has 0 radical (unpaired) electrons. The molecule has 1 rings (SSSR count). The Balaban J connectivity index is 2.35. The predicted molar refractivity (Wildman–Crippen MR) is 49.3 cm³/mol. The van der Waals surface area contributed by atoms with E-state index in [1.165, 1.54) is 6.33 Å². The van der Waals surface area contributed by atoms with Gasteiger partial charge >= 0.3 is 6.18 Å². The van der Waals surface area contributed by atoms with Crippen LogP contribution >= 0.6 is 0 Å². The quantitative estimate of drug-likeness (QED) is 0.623. The number of rotatable bonds is 5. The zero-order valence-electron chi connectivity index (χ0n) is 8.95. The van der Waals surface area contributed by atoms with Crippen LogP contribution in [0.4, 0.5) is 13.2 Å². The lowest BCUT2D eigenvalue weighted by molar-refractivity contribution is -0.190. The molecule has 0 saturated carbocycles. The van der Waals surface area contributed by atoms with E-state index in [9.17, 15) is 13.2 Å². The third kappa shape index (κ3) is 4.15. The number of hydroxylamine groups is 1. The summed E-state index contributed by atoms with van der Waals surface area (Å²) in [7, 11) is 0. The fraction of sp³-hybridized carbons (Fsp3) is 0.750. The molecule has 0 spiro atoms. The van der Waals surface area contributed by atoms with Gasteiger partial charge in [0.25, 0.3) is 0 Å². The van der Waals surface area contributed by atoms with Crippen molar-refractivity contribution < 1.29 is 18.0 Å². The highest BCUT2D eigenvalue weighted by Crippen LogP contribution is 2.13. The van der Waals surface area contributed by atoms with Crippen LogP contribution in [0.15, 0.2) is 6.33 Å². The number of hydrogen-bond acceptors (Lipinski definition) is 4. The second-order valence-corrected chi connectivity index (χ2v) is 3.44. The summed E-state index contributed by atoms with van der Waals surface area (Å²) in [6.07, 6.45) is -2.99. The largest absolute Gasteiger partial charge is 0.413 e. The first-order chi connectivity index (χ1) is 7.40. The summed E-state index contributed by atoms with van der Waals surface area (Å²) in [5.41, 5.74) is 2.20. The average Bonchev–Trinajstić information content (AvgIpc) is 2.58. The van der Waals surface area contributed by atoms with Crippen molar-refractivity contribution in [2.45, 2.75) is 32.6 Å². The number of hydrogen-bond donors (Lipinski definition) is 1. The maximum absolute atomic E-state index is 11.7. The van der Waals surface area contributed by atoms with Crippen LogP contribution in [0.3, 0.4) is 0 Å². The normalized spacial score (nSPS) is 12.4. The maximum atomic E-state index is 11.7. The van der Waals surface area contributed by atoms with Crippen LogP contribution in [0.2, 0.25) is 0 Å². The Bertz CT molecular complexity index is 323. The molecule has 0 amide bonds. The highest BCUT2D eigenvalue weighted by atomic mass is 19.4. The molecule has 1 N–H and O–H groups in total. The second-order valence-electron chi connectivity index (χ2n) is 3.44. The Labute approximate surface area is 90.6 Å². The summed E-state index contributed by atoms with van der Waals surface area (Å²) in [6.45, 7) is 2.54. The van der Waals surface area contributed by atoms with E-state index < -0.39 is 12.8 Å². The van der Waals surface area contributed by atoms with Crippen LogP contribution in [0.25, 0.3) is 0 Å². The van der Waals surface area contributed by atoms with Crippen molar-refractivity contribution in [3.63, 3.8) is 0 Å². The number of halogens is 3. The van der Waals surface area contributed by atoms with Crippen LogP contribution in [0, 0.1) is 0 Å². The van der Waals surface area contributed by atoms with E-state index in [4.69, 9.17) is 0 Å². The van der Waals surface area contributed by atoms with Crippen LogP contribution in [0.1, 0.15) is 25.7 Å². The van der Waals surface area contributed by atoms with Gasteiger partial charge < -0.3 is 0 Å². The molecule has 0 aromatic carbocycles. The van der Waals surface area contributed by atoms with Crippen molar-refractivity contribution in [3.8, 4) is 0 Å². The van der Waals surface area contributed by atoms with Crippen molar-refractivity contribution in [2.75, 3.05) is 6.61 Å². The Morgan fingerprint density at radius 1 is 1.50 bits per heavy atom. The van der Waals surface area contributed by atoms with Crippen molar-refractivity contribution in [1.82, 2.24) is 20.2 Å². The van der Waals surface area contributed by atoms with Gasteiger partial charge in [0.15, 0.2) is 6.61 Å². The molecule has 1 aromatic rings. The molecule has 1 aromatic heterocycles. The summed E-state index contributed by atoms with van der Waals surface area (Å²) in [5, 5.41) is 3.93. The van der Waals surface area contributed by atoms with Gasteiger partial charge in [-0.15, -0.1) is 0 Å². The summed E-state index contributed by atoms with van der Waals surface area (Å²) in [5.74, 6) is 0.525. The number of nitrogens with one attached hydrogen (secondary N) is 1. The summed E-state index contributed by atoms with van der Waals surface area (Å²) >= 11 is 0. The Morgan fingerprint density at radius 3 is 2.75 bits per heavy atom. The smallest absolute Gasteiger partial charge is 0.292 e. The second kappa shape index (κ2) is 5.26. The first-order valence-corrected chi connectivity index (χ1v) is 4.70. The van der Waals surface area contributed by atoms with Gasteiger partial charge in [-0.05, 0) is 13.8 Å². The van der Waals surface area contributed by atoms with Gasteiger partial charge in [0.2, 0.25) is 0 Å². The standard InChI is InChI=1S/C8H13F3N4O/c1-6(2)15-7(12-5-13-15)3-14-16-4-8(9,10)11/h5-6,14H,3-4H2,1-2H3. The molecule has 92 valence electrons. The van der Waals surface area contributed by atoms with Crippen LogP contribution in [-0.2, 0) is 11.4 Å². The first-order valence-electron chi connectivity index (χ1n) is 4.70. The van der Waals surface area contributed by atoms with Gasteiger partial charge in [-0.2, -0.15) is 23.8 Å². The topological polar surface area (TPSA) is 52.0 Å². The van der Waals surface area contributed by atoms with Crippen LogP contribution in [0.5, 0.6) is 0 Å². The molecule has 0 aliphatic heterocycles. The van der Waals surface area contributed by atoms with E-state index in [2.05, 4.69) is 20.4 Å². The van der Waals surface area contributed by atoms with E-state index in [1.807, 2.05) is 13.8 Å². The third-order valence-corrected chi connectivity index (χ3v) is 1.70. The Kier molecular flexibility index (Phi) is 4.25. The third-order valence-electron chi connectivity index (χ3n) is 1.70. The molecule has 0 atom stereocenters. The van der Waals surface area contributed by atoms with E-state index in [0.717, 1.165) is 0 Å². The lowest BCUT2D eigenvalue weighted by atomic mass is 10.4. The van der Waals surface area contributed by atoms with Crippen LogP contribution in [-0.4, -0.2) is 27.5 Å².